The van der Waals surface area contributed by atoms with Crippen LogP contribution in [-0.4, -0.2) is 69.7 Å². The summed E-state index contributed by atoms with van der Waals surface area (Å²) in [6, 6.07) is 12.8. The molecular weight excluding hydrogens is 528 g/mol. The minimum absolute atomic E-state index is 0.0514. The van der Waals surface area contributed by atoms with E-state index in [1.807, 2.05) is 6.07 Å². The summed E-state index contributed by atoms with van der Waals surface area (Å²) in [5.41, 5.74) is 3.03. The number of nitrogens with zero attached hydrogens (tertiary/aromatic N) is 2. The van der Waals surface area contributed by atoms with Crippen molar-refractivity contribution in [3.8, 4) is 5.75 Å². The maximum atomic E-state index is 13.0. The number of ether oxygens (including phenoxy) is 1. The highest BCUT2D eigenvalue weighted by Crippen LogP contribution is 2.32. The molecule has 0 bridgehead atoms. The number of sulfonamides is 1. The molecule has 11 heteroatoms. The third kappa shape index (κ3) is 7.39. The number of amides is 2. The lowest BCUT2D eigenvalue weighted by molar-refractivity contribution is -0.139. The van der Waals surface area contributed by atoms with Gasteiger partial charge in [0.25, 0.3) is 0 Å². The zero-order valence-electron chi connectivity index (χ0n) is 21.8. The van der Waals surface area contributed by atoms with E-state index in [2.05, 4.69) is 40.1 Å². The van der Waals surface area contributed by atoms with Gasteiger partial charge in [-0.25, -0.2) is 13.1 Å². The molecule has 4 rings (SSSR count). The standard InChI is InChI=1S/C27H35ClN4O5S/c1-19-7-3-4-8-23(19)31-15-12-21(13-16-31)37-25-11-10-20(17-22(25)28)30-27(34)24-9-5-6-14-32(24)26(33)18-29-38(2,35)36/h3-4,7-8,10-11,17,21,24,29H,5-6,9,12-16,18H2,1-2H3,(H,30,34)/t24-/m1/s1. The molecule has 2 amide bonds. The quantitative estimate of drug-likeness (QED) is 0.509. The zero-order chi connectivity index (χ0) is 27.3. The molecule has 2 heterocycles. The summed E-state index contributed by atoms with van der Waals surface area (Å²) in [7, 11) is -3.51. The van der Waals surface area contributed by atoms with E-state index >= 15 is 0 Å². The second-order valence-corrected chi connectivity index (χ2v) is 12.2. The predicted octanol–water partition coefficient (Wildman–Crippen LogP) is 3.57. The fourth-order valence-corrected chi connectivity index (χ4v) is 5.62. The third-order valence-electron chi connectivity index (χ3n) is 7.00. The number of hydrogen-bond acceptors (Lipinski definition) is 6. The van der Waals surface area contributed by atoms with Gasteiger partial charge in [0.05, 0.1) is 17.8 Å². The number of carbonyl (C=O) groups excluding carboxylic acids is 2. The van der Waals surface area contributed by atoms with Gasteiger partial charge in [0.15, 0.2) is 0 Å². The van der Waals surface area contributed by atoms with E-state index < -0.39 is 22.0 Å². The summed E-state index contributed by atoms with van der Waals surface area (Å²) in [4.78, 5) is 29.5. The highest BCUT2D eigenvalue weighted by molar-refractivity contribution is 7.88. The van der Waals surface area contributed by atoms with Crippen molar-refractivity contribution in [3.05, 3.63) is 53.1 Å². The average molecular weight is 563 g/mol. The van der Waals surface area contributed by atoms with Crippen LogP contribution >= 0.6 is 11.6 Å². The maximum Gasteiger partial charge on any atom is 0.247 e. The van der Waals surface area contributed by atoms with Crippen molar-refractivity contribution in [2.45, 2.75) is 51.2 Å². The fourth-order valence-electron chi connectivity index (χ4n) is 5.01. The number of anilines is 2. The SMILES string of the molecule is Cc1ccccc1N1CCC(Oc2ccc(NC(=O)[C@H]3CCCCN3C(=O)CNS(C)(=O)=O)cc2Cl)CC1. The minimum Gasteiger partial charge on any atom is -0.489 e. The van der Waals surface area contributed by atoms with Crippen LogP contribution in [0.1, 0.15) is 37.7 Å². The highest BCUT2D eigenvalue weighted by atomic mass is 35.5. The van der Waals surface area contributed by atoms with Gasteiger partial charge in [0, 0.05) is 43.9 Å². The van der Waals surface area contributed by atoms with Gasteiger partial charge in [0.1, 0.15) is 17.9 Å². The number of likely N-dealkylation sites (tertiary alicyclic amines) is 1. The Bertz CT molecular complexity index is 1260. The Hall–Kier alpha value is -2.82. The van der Waals surface area contributed by atoms with Crippen molar-refractivity contribution in [1.82, 2.24) is 9.62 Å². The number of para-hydroxylation sites is 1. The summed E-state index contributed by atoms with van der Waals surface area (Å²) in [5, 5.41) is 3.25. The topological polar surface area (TPSA) is 108 Å². The summed E-state index contributed by atoms with van der Waals surface area (Å²) in [6.45, 7) is 3.95. The predicted molar refractivity (Wildman–Crippen MR) is 149 cm³/mol. The summed E-state index contributed by atoms with van der Waals surface area (Å²) in [5.74, 6) is -0.184. The average Bonchev–Trinajstić information content (AvgIpc) is 2.89. The molecule has 0 aromatic heterocycles. The van der Waals surface area contributed by atoms with E-state index in [0.29, 0.717) is 29.4 Å². The lowest BCUT2D eigenvalue weighted by Crippen LogP contribution is -2.52. The lowest BCUT2D eigenvalue weighted by atomic mass is 10.0. The second-order valence-electron chi connectivity index (χ2n) is 9.92. The molecule has 2 aliphatic heterocycles. The molecule has 2 aromatic rings. The molecule has 0 radical (unpaired) electrons. The molecule has 2 aliphatic rings. The number of halogens is 1. The Morgan fingerprint density at radius 2 is 1.79 bits per heavy atom. The molecule has 2 N–H and O–H groups in total. The van der Waals surface area contributed by atoms with Crippen LogP contribution in [0.2, 0.25) is 5.02 Å². The molecule has 2 saturated heterocycles. The first kappa shape index (κ1) is 28.2. The lowest BCUT2D eigenvalue weighted by Gasteiger charge is -2.35. The summed E-state index contributed by atoms with van der Waals surface area (Å²) < 4.78 is 31.1. The smallest absolute Gasteiger partial charge is 0.247 e. The number of nitrogens with one attached hydrogen (secondary N) is 2. The van der Waals surface area contributed by atoms with Gasteiger partial charge in [-0.05, 0) is 56.0 Å². The van der Waals surface area contributed by atoms with E-state index in [4.69, 9.17) is 16.3 Å². The Morgan fingerprint density at radius 3 is 2.47 bits per heavy atom. The first-order valence-electron chi connectivity index (χ1n) is 12.9. The molecule has 0 aliphatic carbocycles. The maximum absolute atomic E-state index is 13.0. The van der Waals surface area contributed by atoms with Gasteiger partial charge in [-0.1, -0.05) is 29.8 Å². The number of carbonyl (C=O) groups is 2. The molecule has 38 heavy (non-hydrogen) atoms. The van der Waals surface area contributed by atoms with E-state index in [1.165, 1.54) is 16.2 Å². The van der Waals surface area contributed by atoms with Crippen LogP contribution in [0.3, 0.4) is 0 Å². The van der Waals surface area contributed by atoms with Crippen molar-refractivity contribution in [2.24, 2.45) is 0 Å². The molecule has 0 saturated carbocycles. The second kappa shape index (κ2) is 12.4. The molecule has 206 valence electrons. The Balaban J connectivity index is 1.32. The Labute approximate surface area is 229 Å². The van der Waals surface area contributed by atoms with Crippen molar-refractivity contribution < 1.29 is 22.7 Å². The van der Waals surface area contributed by atoms with Gasteiger partial charge >= 0.3 is 0 Å². The van der Waals surface area contributed by atoms with Crippen LogP contribution in [0.25, 0.3) is 0 Å². The van der Waals surface area contributed by atoms with E-state index in [-0.39, 0.29) is 18.6 Å². The van der Waals surface area contributed by atoms with Crippen LogP contribution in [0, 0.1) is 6.92 Å². The molecule has 1 atom stereocenters. The Kier molecular flexibility index (Phi) is 9.17. The van der Waals surface area contributed by atoms with Gasteiger partial charge in [-0.3, -0.25) is 9.59 Å². The molecule has 0 unspecified atom stereocenters. The van der Waals surface area contributed by atoms with Crippen LogP contribution in [0.4, 0.5) is 11.4 Å². The van der Waals surface area contributed by atoms with Crippen molar-refractivity contribution in [1.29, 1.82) is 0 Å². The number of rotatable bonds is 8. The summed E-state index contributed by atoms with van der Waals surface area (Å²) in [6.07, 6.45) is 4.87. The normalized spacial score (nSPS) is 18.8. The Morgan fingerprint density at radius 1 is 1.05 bits per heavy atom. The first-order chi connectivity index (χ1) is 18.1. The monoisotopic (exact) mass is 562 g/mol. The largest absolute Gasteiger partial charge is 0.489 e. The van der Waals surface area contributed by atoms with Gasteiger partial charge < -0.3 is 19.9 Å². The molecule has 2 aromatic carbocycles. The van der Waals surface area contributed by atoms with Gasteiger partial charge in [-0.2, -0.15) is 0 Å². The van der Waals surface area contributed by atoms with E-state index in [0.717, 1.165) is 45.0 Å². The molecule has 2 fully saturated rings. The zero-order valence-corrected chi connectivity index (χ0v) is 23.4. The van der Waals surface area contributed by atoms with Crippen LogP contribution in [0.15, 0.2) is 42.5 Å². The van der Waals surface area contributed by atoms with Crippen molar-refractivity contribution >= 4 is 44.8 Å². The van der Waals surface area contributed by atoms with Crippen LogP contribution in [-0.2, 0) is 19.6 Å². The number of benzene rings is 2. The van der Waals surface area contributed by atoms with Gasteiger partial charge in [0.2, 0.25) is 21.8 Å². The minimum atomic E-state index is -3.51. The van der Waals surface area contributed by atoms with E-state index in [1.54, 1.807) is 18.2 Å². The van der Waals surface area contributed by atoms with Crippen molar-refractivity contribution in [2.75, 3.05) is 42.7 Å². The highest BCUT2D eigenvalue weighted by Gasteiger charge is 2.32. The fraction of sp³-hybridized carbons (Fsp3) is 0.481. The third-order valence-corrected chi connectivity index (χ3v) is 7.97. The molecular formula is C27H35ClN4O5S. The molecule has 9 nitrogen and oxygen atoms in total. The number of aryl methyl sites for hydroxylation is 1. The van der Waals surface area contributed by atoms with Gasteiger partial charge in [-0.15, -0.1) is 0 Å². The summed E-state index contributed by atoms with van der Waals surface area (Å²) >= 11 is 6.51. The van der Waals surface area contributed by atoms with Crippen LogP contribution in [0.5, 0.6) is 5.75 Å². The molecule has 0 spiro atoms. The number of hydrogen-bond donors (Lipinski definition) is 2. The number of piperidine rings is 2. The van der Waals surface area contributed by atoms with E-state index in [9.17, 15) is 18.0 Å². The van der Waals surface area contributed by atoms with Crippen LogP contribution < -0.4 is 19.7 Å². The first-order valence-corrected chi connectivity index (χ1v) is 15.2. The van der Waals surface area contributed by atoms with Crippen molar-refractivity contribution in [3.63, 3.8) is 0 Å².